The molecule has 11 heteroatoms. The average molecular weight is 445 g/mol. The smallest absolute Gasteiger partial charge is 0.247 e. The molecule has 0 atom stereocenters. The number of rotatable bonds is 8. The van der Waals surface area contributed by atoms with E-state index in [2.05, 4.69) is 32.5 Å². The SMILES string of the molecule is C=CC(=O)Nc1c(OCCNC(C)=O)ccc2c(Nc3ccc(F)c(F)c3F)ncnc12. The van der Waals surface area contributed by atoms with E-state index < -0.39 is 23.4 Å². The van der Waals surface area contributed by atoms with Crippen LogP contribution in [0.15, 0.2) is 43.2 Å². The fraction of sp³-hybridized carbons (Fsp3) is 0.143. The second-order valence-electron chi connectivity index (χ2n) is 6.43. The van der Waals surface area contributed by atoms with Crippen molar-refractivity contribution in [2.75, 3.05) is 23.8 Å². The Bertz CT molecular complexity index is 1200. The number of nitrogens with one attached hydrogen (secondary N) is 3. The molecule has 0 aliphatic carbocycles. The molecule has 0 radical (unpaired) electrons. The minimum atomic E-state index is -1.62. The molecule has 0 spiro atoms. The number of anilines is 3. The summed E-state index contributed by atoms with van der Waals surface area (Å²) in [5.41, 5.74) is 0.0837. The van der Waals surface area contributed by atoms with Crippen LogP contribution in [0.25, 0.3) is 10.9 Å². The highest BCUT2D eigenvalue weighted by Gasteiger charge is 2.18. The van der Waals surface area contributed by atoms with Gasteiger partial charge in [0.2, 0.25) is 11.8 Å². The van der Waals surface area contributed by atoms with Crippen LogP contribution in [0.2, 0.25) is 0 Å². The van der Waals surface area contributed by atoms with Crippen LogP contribution in [-0.2, 0) is 9.59 Å². The highest BCUT2D eigenvalue weighted by atomic mass is 19.2. The summed E-state index contributed by atoms with van der Waals surface area (Å²) in [7, 11) is 0. The van der Waals surface area contributed by atoms with E-state index in [0.717, 1.165) is 24.5 Å². The van der Waals surface area contributed by atoms with Crippen molar-refractivity contribution in [1.29, 1.82) is 0 Å². The molecule has 0 saturated heterocycles. The molecule has 1 aromatic heterocycles. The van der Waals surface area contributed by atoms with Gasteiger partial charge in [0.25, 0.3) is 0 Å². The maximum Gasteiger partial charge on any atom is 0.247 e. The predicted octanol–water partition coefficient (Wildman–Crippen LogP) is 3.43. The van der Waals surface area contributed by atoms with Crippen LogP contribution in [-0.4, -0.2) is 34.9 Å². The second-order valence-corrected chi connectivity index (χ2v) is 6.43. The number of nitrogens with zero attached hydrogens (tertiary/aromatic N) is 2. The van der Waals surface area contributed by atoms with E-state index in [0.29, 0.717) is 5.39 Å². The van der Waals surface area contributed by atoms with Gasteiger partial charge in [0.1, 0.15) is 35.7 Å². The average Bonchev–Trinajstić information content (AvgIpc) is 2.78. The molecule has 0 unspecified atom stereocenters. The Morgan fingerprint density at radius 3 is 2.62 bits per heavy atom. The van der Waals surface area contributed by atoms with E-state index >= 15 is 0 Å². The van der Waals surface area contributed by atoms with Crippen molar-refractivity contribution >= 4 is 39.9 Å². The van der Waals surface area contributed by atoms with Crippen molar-refractivity contribution in [2.45, 2.75) is 6.92 Å². The molecule has 3 aromatic rings. The van der Waals surface area contributed by atoms with Gasteiger partial charge in [0, 0.05) is 12.3 Å². The van der Waals surface area contributed by atoms with Gasteiger partial charge in [-0.15, -0.1) is 0 Å². The molecule has 8 nitrogen and oxygen atoms in total. The number of benzene rings is 2. The summed E-state index contributed by atoms with van der Waals surface area (Å²) < 4.78 is 46.6. The van der Waals surface area contributed by atoms with Crippen LogP contribution in [0.1, 0.15) is 6.92 Å². The first-order valence-corrected chi connectivity index (χ1v) is 9.30. The fourth-order valence-electron chi connectivity index (χ4n) is 2.76. The number of fused-ring (bicyclic) bond motifs is 1. The molecular formula is C21H18F3N5O3. The third kappa shape index (κ3) is 4.94. The maximum absolute atomic E-state index is 14.1. The van der Waals surface area contributed by atoms with E-state index in [1.807, 2.05) is 0 Å². The van der Waals surface area contributed by atoms with E-state index in [9.17, 15) is 22.8 Å². The Kier molecular flexibility index (Phi) is 6.88. The van der Waals surface area contributed by atoms with Gasteiger partial charge in [-0.3, -0.25) is 9.59 Å². The third-order valence-electron chi connectivity index (χ3n) is 4.22. The number of halogens is 3. The van der Waals surface area contributed by atoms with Gasteiger partial charge < -0.3 is 20.7 Å². The lowest BCUT2D eigenvalue weighted by Crippen LogP contribution is -2.25. The Morgan fingerprint density at radius 2 is 1.91 bits per heavy atom. The van der Waals surface area contributed by atoms with E-state index in [1.54, 1.807) is 6.07 Å². The number of hydrogen-bond acceptors (Lipinski definition) is 6. The molecule has 2 amide bonds. The highest BCUT2D eigenvalue weighted by Crippen LogP contribution is 2.35. The van der Waals surface area contributed by atoms with Crippen LogP contribution >= 0.6 is 0 Å². The number of ether oxygens (including phenoxy) is 1. The number of carbonyl (C=O) groups is 2. The first-order chi connectivity index (χ1) is 15.3. The molecular weight excluding hydrogens is 427 g/mol. The van der Waals surface area contributed by atoms with Crippen molar-refractivity contribution in [3.8, 4) is 5.75 Å². The summed E-state index contributed by atoms with van der Waals surface area (Å²) in [6.07, 6.45) is 2.20. The third-order valence-corrected chi connectivity index (χ3v) is 4.22. The van der Waals surface area contributed by atoms with Gasteiger partial charge in [0.15, 0.2) is 17.5 Å². The van der Waals surface area contributed by atoms with Gasteiger partial charge in [-0.25, -0.2) is 23.1 Å². The lowest BCUT2D eigenvalue weighted by Gasteiger charge is -2.16. The van der Waals surface area contributed by atoms with Gasteiger partial charge >= 0.3 is 0 Å². The zero-order valence-corrected chi connectivity index (χ0v) is 16.8. The van der Waals surface area contributed by atoms with E-state index in [-0.39, 0.29) is 47.5 Å². The maximum atomic E-state index is 14.1. The molecule has 0 aliphatic heterocycles. The first kappa shape index (κ1) is 22.5. The van der Waals surface area contributed by atoms with Crippen LogP contribution in [0, 0.1) is 17.5 Å². The molecule has 1 heterocycles. The topological polar surface area (TPSA) is 105 Å². The van der Waals surface area contributed by atoms with E-state index in [4.69, 9.17) is 4.74 Å². The molecule has 0 bridgehead atoms. The van der Waals surface area contributed by atoms with Crippen LogP contribution in [0.5, 0.6) is 5.75 Å². The van der Waals surface area contributed by atoms with Crippen molar-refractivity contribution in [1.82, 2.24) is 15.3 Å². The van der Waals surface area contributed by atoms with Gasteiger partial charge in [0.05, 0.1) is 12.2 Å². The first-order valence-electron chi connectivity index (χ1n) is 9.30. The van der Waals surface area contributed by atoms with Gasteiger partial charge in [-0.2, -0.15) is 0 Å². The van der Waals surface area contributed by atoms with Gasteiger partial charge in [-0.1, -0.05) is 6.58 Å². The second kappa shape index (κ2) is 9.77. The van der Waals surface area contributed by atoms with Gasteiger partial charge in [-0.05, 0) is 30.3 Å². The molecule has 32 heavy (non-hydrogen) atoms. The molecule has 3 N–H and O–H groups in total. The Morgan fingerprint density at radius 1 is 1.12 bits per heavy atom. The van der Waals surface area contributed by atoms with Crippen LogP contribution < -0.4 is 20.7 Å². The quantitative estimate of drug-likeness (QED) is 0.279. The lowest BCUT2D eigenvalue weighted by atomic mass is 10.1. The summed E-state index contributed by atoms with van der Waals surface area (Å²) in [4.78, 5) is 31.2. The predicted molar refractivity (Wildman–Crippen MR) is 112 cm³/mol. The zero-order valence-electron chi connectivity index (χ0n) is 16.8. The Balaban J connectivity index is 2.01. The van der Waals surface area contributed by atoms with Crippen LogP contribution in [0.4, 0.5) is 30.4 Å². The monoisotopic (exact) mass is 445 g/mol. The molecule has 3 rings (SSSR count). The molecule has 0 aliphatic rings. The fourth-order valence-corrected chi connectivity index (χ4v) is 2.76. The molecule has 166 valence electrons. The summed E-state index contributed by atoms with van der Waals surface area (Å²) in [6, 6.07) is 4.88. The Labute approximate surface area is 180 Å². The Hall–Kier alpha value is -4.15. The van der Waals surface area contributed by atoms with Crippen molar-refractivity contribution in [2.24, 2.45) is 0 Å². The standard InChI is InChI=1S/C21H18F3N5O3/c1-3-16(31)29-20-15(32-9-8-25-11(2)30)7-4-12-19(20)26-10-27-21(12)28-14-6-5-13(22)17(23)18(14)24/h3-7,10H,1,8-9H2,2H3,(H,25,30)(H,29,31)(H,26,27,28). The van der Waals surface area contributed by atoms with Crippen molar-refractivity contribution in [3.63, 3.8) is 0 Å². The summed E-state index contributed by atoms with van der Waals surface area (Å²) in [5.74, 6) is -4.78. The summed E-state index contributed by atoms with van der Waals surface area (Å²) in [6.45, 7) is 5.11. The van der Waals surface area contributed by atoms with Crippen molar-refractivity contribution < 1.29 is 27.5 Å². The number of amides is 2. The molecule has 2 aromatic carbocycles. The van der Waals surface area contributed by atoms with E-state index in [1.165, 1.54) is 13.0 Å². The lowest BCUT2D eigenvalue weighted by molar-refractivity contribution is -0.119. The highest BCUT2D eigenvalue weighted by molar-refractivity contribution is 6.08. The number of carbonyl (C=O) groups excluding carboxylic acids is 2. The molecule has 0 saturated carbocycles. The largest absolute Gasteiger partial charge is 0.489 e. The minimum Gasteiger partial charge on any atom is -0.489 e. The number of hydrogen-bond donors (Lipinski definition) is 3. The number of aromatic nitrogens is 2. The minimum absolute atomic E-state index is 0.0822. The zero-order chi connectivity index (χ0) is 23.3. The normalized spacial score (nSPS) is 10.5. The summed E-state index contributed by atoms with van der Waals surface area (Å²) >= 11 is 0. The molecule has 0 fully saturated rings. The van der Waals surface area contributed by atoms with Crippen LogP contribution in [0.3, 0.4) is 0 Å². The summed E-state index contributed by atoms with van der Waals surface area (Å²) in [5, 5.41) is 8.13. The van der Waals surface area contributed by atoms with Crippen molar-refractivity contribution in [3.05, 3.63) is 60.7 Å².